The molecule has 2 heterocycles. The van der Waals surface area contributed by atoms with Gasteiger partial charge in [-0.05, 0) is 46.7 Å². The van der Waals surface area contributed by atoms with E-state index in [1.807, 2.05) is 72.3 Å². The van der Waals surface area contributed by atoms with Crippen molar-refractivity contribution >= 4 is 79.0 Å². The normalized spacial score (nSPS) is 11.2. The zero-order valence-electron chi connectivity index (χ0n) is 22.6. The Hall–Kier alpha value is -4.19. The van der Waals surface area contributed by atoms with Crippen LogP contribution >= 0.6 is 34.9 Å². The number of fused-ring (bicyclic) bond motifs is 2. The minimum absolute atomic E-state index is 0.0838. The zero-order chi connectivity index (χ0) is 28.9. The molecule has 0 aliphatic rings. The molecule has 0 bridgehead atoms. The van der Waals surface area contributed by atoms with Gasteiger partial charge in [0.05, 0.1) is 21.7 Å². The smallest absolute Gasteiger partial charge is 0.234 e. The summed E-state index contributed by atoms with van der Waals surface area (Å²) in [5.74, 6) is 1.10. The minimum atomic E-state index is -0.130. The second-order valence-corrected chi connectivity index (χ2v) is 12.7. The van der Waals surface area contributed by atoms with Gasteiger partial charge >= 0.3 is 0 Å². The lowest BCUT2D eigenvalue weighted by Gasteiger charge is -2.07. The van der Waals surface area contributed by atoms with E-state index in [9.17, 15) is 9.59 Å². The predicted molar refractivity (Wildman–Crippen MR) is 173 cm³/mol. The minimum Gasteiger partial charge on any atom is -0.325 e. The lowest BCUT2D eigenvalue weighted by atomic mass is 10.0. The SMILES string of the molecule is Cn1c(Cc2cccc3ccccc23)nnc1SCC(=O)Nc1ccc2nc(SCC(=O)Nc3ccccc3)sc2c1. The fourth-order valence-corrected chi connectivity index (χ4v) is 7.10. The summed E-state index contributed by atoms with van der Waals surface area (Å²) < 4.78 is 3.69. The molecule has 0 unspecified atom stereocenters. The molecule has 42 heavy (non-hydrogen) atoms. The standard InChI is InChI=1S/C31H26N6O2S3/c1-37-27(16-21-10-7-9-20-8-5-6-13-24(20)21)35-36-30(37)40-18-28(38)33-23-14-15-25-26(17-23)42-31(34-25)41-19-29(39)32-22-11-3-2-4-12-22/h2-15,17H,16,18-19H2,1H3,(H,32,39)(H,33,38). The number of aromatic nitrogens is 4. The molecule has 0 atom stereocenters. The number of benzene rings is 4. The molecule has 2 N–H and O–H groups in total. The number of amides is 2. The van der Waals surface area contributed by atoms with Gasteiger partial charge in [-0.1, -0.05) is 84.2 Å². The molecular formula is C31H26N6O2S3. The molecule has 0 saturated carbocycles. The maximum Gasteiger partial charge on any atom is 0.234 e. The van der Waals surface area contributed by atoms with Crippen molar-refractivity contribution in [1.29, 1.82) is 0 Å². The molecule has 0 radical (unpaired) electrons. The van der Waals surface area contributed by atoms with E-state index < -0.39 is 0 Å². The summed E-state index contributed by atoms with van der Waals surface area (Å²) in [6.45, 7) is 0. The van der Waals surface area contributed by atoms with E-state index in [-0.39, 0.29) is 23.3 Å². The van der Waals surface area contributed by atoms with Crippen molar-refractivity contribution in [2.24, 2.45) is 7.05 Å². The number of thiazole rings is 1. The van der Waals surface area contributed by atoms with Gasteiger partial charge in [0, 0.05) is 24.8 Å². The second-order valence-electron chi connectivity index (χ2n) is 9.47. The van der Waals surface area contributed by atoms with E-state index >= 15 is 0 Å². The van der Waals surface area contributed by atoms with Gasteiger partial charge in [-0.3, -0.25) is 9.59 Å². The Morgan fingerprint density at radius 3 is 2.40 bits per heavy atom. The van der Waals surface area contributed by atoms with E-state index in [1.165, 1.54) is 51.2 Å². The molecule has 0 aliphatic heterocycles. The van der Waals surface area contributed by atoms with Gasteiger partial charge in [-0.15, -0.1) is 21.5 Å². The van der Waals surface area contributed by atoms with Crippen LogP contribution in [0.1, 0.15) is 11.4 Å². The number of para-hydroxylation sites is 1. The largest absolute Gasteiger partial charge is 0.325 e. The van der Waals surface area contributed by atoms with Gasteiger partial charge in [0.2, 0.25) is 11.8 Å². The van der Waals surface area contributed by atoms with Crippen LogP contribution < -0.4 is 10.6 Å². The summed E-state index contributed by atoms with van der Waals surface area (Å²) in [5.41, 5.74) is 3.49. The third-order valence-electron chi connectivity index (χ3n) is 6.52. The van der Waals surface area contributed by atoms with Gasteiger partial charge in [0.25, 0.3) is 0 Å². The maximum absolute atomic E-state index is 12.8. The third-order valence-corrected chi connectivity index (χ3v) is 9.70. The lowest BCUT2D eigenvalue weighted by Crippen LogP contribution is -2.14. The fourth-order valence-electron chi connectivity index (χ4n) is 4.46. The fraction of sp³-hybridized carbons (Fsp3) is 0.129. The van der Waals surface area contributed by atoms with Crippen LogP contribution in [-0.2, 0) is 23.1 Å². The first kappa shape index (κ1) is 28.0. The Kier molecular flexibility index (Phi) is 8.50. The molecule has 4 aromatic carbocycles. The highest BCUT2D eigenvalue weighted by atomic mass is 32.2. The highest BCUT2D eigenvalue weighted by Gasteiger charge is 2.14. The van der Waals surface area contributed by atoms with Crippen LogP contribution in [0.25, 0.3) is 21.0 Å². The molecule has 2 aromatic heterocycles. The number of carbonyl (C=O) groups excluding carboxylic acids is 2. The number of rotatable bonds is 10. The van der Waals surface area contributed by atoms with Crippen molar-refractivity contribution in [2.75, 3.05) is 22.1 Å². The topological polar surface area (TPSA) is 102 Å². The molecule has 6 rings (SSSR count). The Balaban J connectivity index is 1.03. The van der Waals surface area contributed by atoms with Crippen LogP contribution in [0.3, 0.4) is 0 Å². The Labute approximate surface area is 255 Å². The number of hydrogen-bond donors (Lipinski definition) is 2. The number of carbonyl (C=O) groups is 2. The molecule has 0 fully saturated rings. The molecule has 0 aliphatic carbocycles. The molecule has 210 valence electrons. The summed E-state index contributed by atoms with van der Waals surface area (Å²) in [6.07, 6.45) is 0.657. The van der Waals surface area contributed by atoms with E-state index in [0.29, 0.717) is 17.3 Å². The first-order valence-electron chi connectivity index (χ1n) is 13.2. The van der Waals surface area contributed by atoms with Crippen molar-refractivity contribution in [3.63, 3.8) is 0 Å². The zero-order valence-corrected chi connectivity index (χ0v) is 25.1. The van der Waals surface area contributed by atoms with Crippen LogP contribution in [0.4, 0.5) is 11.4 Å². The molecular weight excluding hydrogens is 585 g/mol. The molecule has 0 spiro atoms. The molecule has 6 aromatic rings. The van der Waals surface area contributed by atoms with Crippen molar-refractivity contribution in [3.8, 4) is 0 Å². The van der Waals surface area contributed by atoms with Crippen LogP contribution in [0.5, 0.6) is 0 Å². The van der Waals surface area contributed by atoms with Crippen LogP contribution in [0.2, 0.25) is 0 Å². The monoisotopic (exact) mass is 610 g/mol. The molecule has 0 saturated heterocycles. The Morgan fingerprint density at radius 2 is 1.55 bits per heavy atom. The molecule has 8 nitrogen and oxygen atoms in total. The van der Waals surface area contributed by atoms with Crippen LogP contribution in [0, 0.1) is 0 Å². The lowest BCUT2D eigenvalue weighted by molar-refractivity contribution is -0.114. The number of nitrogens with zero attached hydrogens (tertiary/aromatic N) is 4. The summed E-state index contributed by atoms with van der Waals surface area (Å²) in [5, 5.41) is 17.7. The maximum atomic E-state index is 12.8. The summed E-state index contributed by atoms with van der Waals surface area (Å²) in [6, 6.07) is 29.6. The summed E-state index contributed by atoms with van der Waals surface area (Å²) in [4.78, 5) is 29.7. The van der Waals surface area contributed by atoms with Gasteiger partial charge in [-0.2, -0.15) is 0 Å². The average Bonchev–Trinajstić information content (AvgIpc) is 3.58. The quantitative estimate of drug-likeness (QED) is 0.168. The Morgan fingerprint density at radius 1 is 0.810 bits per heavy atom. The number of thioether (sulfide) groups is 2. The highest BCUT2D eigenvalue weighted by Crippen LogP contribution is 2.31. The summed E-state index contributed by atoms with van der Waals surface area (Å²) in [7, 11) is 1.93. The van der Waals surface area contributed by atoms with Crippen molar-refractivity contribution < 1.29 is 9.59 Å². The number of anilines is 2. The predicted octanol–water partition coefficient (Wildman–Crippen LogP) is 6.63. The number of nitrogens with one attached hydrogen (secondary N) is 2. The first-order valence-corrected chi connectivity index (χ1v) is 16.0. The van der Waals surface area contributed by atoms with Crippen LogP contribution in [-0.4, -0.2) is 43.1 Å². The van der Waals surface area contributed by atoms with Gasteiger partial charge in [0.1, 0.15) is 5.82 Å². The van der Waals surface area contributed by atoms with Crippen molar-refractivity contribution in [3.05, 3.63) is 102 Å². The van der Waals surface area contributed by atoms with Gasteiger partial charge in [-0.25, -0.2) is 4.98 Å². The molecule has 2 amide bonds. The average molecular weight is 611 g/mol. The van der Waals surface area contributed by atoms with E-state index in [0.717, 1.165) is 26.1 Å². The highest BCUT2D eigenvalue weighted by molar-refractivity contribution is 8.01. The van der Waals surface area contributed by atoms with E-state index in [4.69, 9.17) is 0 Å². The first-order chi connectivity index (χ1) is 20.5. The van der Waals surface area contributed by atoms with E-state index in [2.05, 4.69) is 56.1 Å². The van der Waals surface area contributed by atoms with Crippen LogP contribution in [0.15, 0.2) is 100 Å². The summed E-state index contributed by atoms with van der Waals surface area (Å²) >= 11 is 4.24. The van der Waals surface area contributed by atoms with Gasteiger partial charge in [0.15, 0.2) is 9.50 Å². The van der Waals surface area contributed by atoms with E-state index in [1.54, 1.807) is 0 Å². The second kappa shape index (κ2) is 12.8. The Bertz CT molecular complexity index is 1880. The third kappa shape index (κ3) is 6.64. The van der Waals surface area contributed by atoms with Crippen molar-refractivity contribution in [2.45, 2.75) is 15.9 Å². The van der Waals surface area contributed by atoms with Gasteiger partial charge < -0.3 is 15.2 Å². The van der Waals surface area contributed by atoms with Crippen molar-refractivity contribution in [1.82, 2.24) is 19.7 Å². The number of hydrogen-bond acceptors (Lipinski definition) is 8. The molecule has 11 heteroatoms.